The zero-order valence-electron chi connectivity index (χ0n) is 7.47. The Labute approximate surface area is 82.4 Å². The Morgan fingerprint density at radius 1 is 1.42 bits per heavy atom. The van der Waals surface area contributed by atoms with Gasteiger partial charge in [0.2, 0.25) is 0 Å². The normalized spacial score (nSPS) is 10.3. The van der Waals surface area contributed by atoms with Crippen LogP contribution in [0.3, 0.4) is 0 Å². The van der Waals surface area contributed by atoms with Crippen molar-refractivity contribution in [2.24, 2.45) is 0 Å². The molecule has 0 atom stereocenters. The van der Waals surface area contributed by atoms with Gasteiger partial charge in [-0.1, -0.05) is 48.5 Å². The Kier molecular flexibility index (Phi) is 3.10. The van der Waals surface area contributed by atoms with Gasteiger partial charge in [0.25, 0.3) is 0 Å². The van der Waals surface area contributed by atoms with Gasteiger partial charge in [-0.3, -0.25) is 0 Å². The van der Waals surface area contributed by atoms with Gasteiger partial charge in [-0.25, -0.2) is 0 Å². The van der Waals surface area contributed by atoms with Gasteiger partial charge in [0, 0.05) is 4.47 Å². The largest absolute Gasteiger partial charge is 0.0985 e. The van der Waals surface area contributed by atoms with Crippen molar-refractivity contribution in [1.82, 2.24) is 0 Å². The van der Waals surface area contributed by atoms with E-state index in [-0.39, 0.29) is 0 Å². The van der Waals surface area contributed by atoms with Gasteiger partial charge in [0.1, 0.15) is 0 Å². The first-order valence-corrected chi connectivity index (χ1v) is 4.86. The van der Waals surface area contributed by atoms with Gasteiger partial charge < -0.3 is 0 Å². The summed E-state index contributed by atoms with van der Waals surface area (Å²) in [5, 5.41) is 0. The van der Waals surface area contributed by atoms with Gasteiger partial charge in [-0.2, -0.15) is 0 Å². The van der Waals surface area contributed by atoms with Crippen molar-refractivity contribution in [2.45, 2.75) is 19.8 Å². The van der Waals surface area contributed by atoms with E-state index in [1.165, 1.54) is 11.1 Å². The summed E-state index contributed by atoms with van der Waals surface area (Å²) in [7, 11) is 0. The van der Waals surface area contributed by atoms with Gasteiger partial charge in [0.15, 0.2) is 0 Å². The monoisotopic (exact) mass is 224 g/mol. The number of benzene rings is 1. The molecule has 0 nitrogen and oxygen atoms in total. The summed E-state index contributed by atoms with van der Waals surface area (Å²) in [5.74, 6) is 0.561. The van der Waals surface area contributed by atoms with Crippen molar-refractivity contribution < 1.29 is 0 Å². The predicted molar refractivity (Wildman–Crippen MR) is 58.3 cm³/mol. The first-order chi connectivity index (χ1) is 5.65. The lowest BCUT2D eigenvalue weighted by Gasteiger charge is -2.09. The summed E-state index contributed by atoms with van der Waals surface area (Å²) in [6.07, 6.45) is 1.90. The molecule has 0 fully saturated rings. The first kappa shape index (κ1) is 9.53. The van der Waals surface area contributed by atoms with Crippen LogP contribution in [0.25, 0.3) is 6.08 Å². The molecular formula is C11H13Br. The third-order valence-electron chi connectivity index (χ3n) is 1.89. The molecule has 0 unspecified atom stereocenters. The van der Waals surface area contributed by atoms with Crippen LogP contribution >= 0.6 is 15.9 Å². The fraction of sp³-hybridized carbons (Fsp3) is 0.273. The van der Waals surface area contributed by atoms with Crippen molar-refractivity contribution in [2.75, 3.05) is 0 Å². The molecule has 1 rings (SSSR count). The average Bonchev–Trinajstić information content (AvgIpc) is 2.03. The van der Waals surface area contributed by atoms with E-state index >= 15 is 0 Å². The summed E-state index contributed by atoms with van der Waals surface area (Å²) in [6, 6.07) is 6.32. The molecule has 64 valence electrons. The van der Waals surface area contributed by atoms with Crippen LogP contribution < -0.4 is 0 Å². The molecular weight excluding hydrogens is 212 g/mol. The lowest BCUT2D eigenvalue weighted by atomic mass is 9.97. The molecule has 0 aromatic heterocycles. The Morgan fingerprint density at radius 3 is 2.58 bits per heavy atom. The fourth-order valence-electron chi connectivity index (χ4n) is 1.25. The molecule has 0 aliphatic heterocycles. The van der Waals surface area contributed by atoms with Crippen LogP contribution in [-0.2, 0) is 0 Å². The highest BCUT2D eigenvalue weighted by atomic mass is 79.9. The predicted octanol–water partition coefficient (Wildman–Crippen LogP) is 4.22. The molecule has 1 heteroatoms. The topological polar surface area (TPSA) is 0 Å². The van der Waals surface area contributed by atoms with E-state index < -0.39 is 0 Å². The maximum Gasteiger partial charge on any atom is 0.0181 e. The van der Waals surface area contributed by atoms with Crippen LogP contribution in [0.5, 0.6) is 0 Å². The third-order valence-corrected chi connectivity index (χ3v) is 2.38. The lowest BCUT2D eigenvalue weighted by Crippen LogP contribution is -1.90. The molecule has 1 aromatic rings. The highest BCUT2D eigenvalue weighted by Crippen LogP contribution is 2.23. The second kappa shape index (κ2) is 3.90. The molecule has 1 aromatic carbocycles. The Morgan fingerprint density at radius 2 is 2.08 bits per heavy atom. The van der Waals surface area contributed by atoms with Crippen molar-refractivity contribution in [3.8, 4) is 0 Å². The summed E-state index contributed by atoms with van der Waals surface area (Å²) in [6.45, 7) is 8.18. The highest BCUT2D eigenvalue weighted by Gasteiger charge is 2.03. The van der Waals surface area contributed by atoms with Crippen LogP contribution in [0.2, 0.25) is 0 Å². The minimum atomic E-state index is 0.561. The molecule has 0 bridgehead atoms. The molecule has 0 saturated carbocycles. The van der Waals surface area contributed by atoms with E-state index in [1.54, 1.807) is 0 Å². The van der Waals surface area contributed by atoms with E-state index in [9.17, 15) is 0 Å². The quantitative estimate of drug-likeness (QED) is 0.706. The van der Waals surface area contributed by atoms with Crippen molar-refractivity contribution in [3.63, 3.8) is 0 Å². The first-order valence-electron chi connectivity index (χ1n) is 4.07. The van der Waals surface area contributed by atoms with E-state index in [0.717, 1.165) is 4.47 Å². The Hall–Kier alpha value is -0.560. The van der Waals surface area contributed by atoms with Crippen molar-refractivity contribution in [1.29, 1.82) is 0 Å². The standard InChI is InChI=1S/C11H13Br/c1-4-9-7-10(12)5-6-11(9)8(2)3/h4-8H,1H2,2-3H3. The zero-order valence-corrected chi connectivity index (χ0v) is 9.06. The number of hydrogen-bond acceptors (Lipinski definition) is 0. The minimum Gasteiger partial charge on any atom is -0.0985 e. The summed E-state index contributed by atoms with van der Waals surface area (Å²) in [4.78, 5) is 0. The second-order valence-electron chi connectivity index (χ2n) is 3.13. The van der Waals surface area contributed by atoms with Gasteiger partial charge in [0.05, 0.1) is 0 Å². The summed E-state index contributed by atoms with van der Waals surface area (Å²) in [5.41, 5.74) is 2.58. The van der Waals surface area contributed by atoms with Crippen LogP contribution in [0.4, 0.5) is 0 Å². The number of halogens is 1. The minimum absolute atomic E-state index is 0.561. The molecule has 0 spiro atoms. The lowest BCUT2D eigenvalue weighted by molar-refractivity contribution is 0.863. The van der Waals surface area contributed by atoms with Crippen LogP contribution in [0, 0.1) is 0 Å². The SMILES string of the molecule is C=Cc1cc(Br)ccc1C(C)C. The van der Waals surface area contributed by atoms with E-state index in [0.29, 0.717) is 5.92 Å². The molecule has 0 aliphatic rings. The maximum atomic E-state index is 3.79. The maximum absolute atomic E-state index is 3.79. The van der Waals surface area contributed by atoms with E-state index in [4.69, 9.17) is 0 Å². The fourth-order valence-corrected chi connectivity index (χ4v) is 1.63. The van der Waals surface area contributed by atoms with Crippen LogP contribution in [-0.4, -0.2) is 0 Å². The molecule has 0 amide bonds. The molecule has 0 aliphatic carbocycles. The number of rotatable bonds is 2. The molecule has 0 saturated heterocycles. The zero-order chi connectivity index (χ0) is 9.14. The molecule has 0 heterocycles. The summed E-state index contributed by atoms with van der Waals surface area (Å²) < 4.78 is 1.11. The van der Waals surface area contributed by atoms with Gasteiger partial charge in [-0.15, -0.1) is 0 Å². The summed E-state index contributed by atoms with van der Waals surface area (Å²) >= 11 is 3.44. The smallest absolute Gasteiger partial charge is 0.0181 e. The molecule has 0 radical (unpaired) electrons. The Balaban J connectivity index is 3.20. The molecule has 12 heavy (non-hydrogen) atoms. The number of hydrogen-bond donors (Lipinski definition) is 0. The van der Waals surface area contributed by atoms with Gasteiger partial charge >= 0.3 is 0 Å². The van der Waals surface area contributed by atoms with Crippen molar-refractivity contribution in [3.05, 3.63) is 40.4 Å². The van der Waals surface area contributed by atoms with E-state index in [2.05, 4.69) is 54.6 Å². The van der Waals surface area contributed by atoms with E-state index in [1.807, 2.05) is 6.08 Å². The average molecular weight is 225 g/mol. The van der Waals surface area contributed by atoms with Crippen LogP contribution in [0.15, 0.2) is 29.3 Å². The highest BCUT2D eigenvalue weighted by molar-refractivity contribution is 9.10. The van der Waals surface area contributed by atoms with Crippen molar-refractivity contribution >= 4 is 22.0 Å². The Bertz CT molecular complexity index is 287. The molecule has 0 N–H and O–H groups in total. The third kappa shape index (κ3) is 1.98. The second-order valence-corrected chi connectivity index (χ2v) is 4.05. The van der Waals surface area contributed by atoms with Crippen LogP contribution in [0.1, 0.15) is 30.9 Å². The van der Waals surface area contributed by atoms with Gasteiger partial charge in [-0.05, 0) is 29.2 Å².